The molecular weight excluding hydrogens is 284 g/mol. The Morgan fingerprint density at radius 3 is 2.17 bits per heavy atom. The maximum atomic E-state index is 11.1. The van der Waals surface area contributed by atoms with Crippen molar-refractivity contribution in [1.82, 2.24) is 0 Å². The largest absolute Gasteiger partial charge is 0.463 e. The van der Waals surface area contributed by atoms with Crippen molar-refractivity contribution in [1.29, 1.82) is 0 Å². The topological polar surface area (TPSA) is 26.3 Å². The molecule has 0 radical (unpaired) electrons. The quantitative estimate of drug-likeness (QED) is 0.276. The van der Waals surface area contributed by atoms with E-state index < -0.39 is 0 Å². The van der Waals surface area contributed by atoms with Gasteiger partial charge in [0.05, 0.1) is 6.61 Å². The van der Waals surface area contributed by atoms with Gasteiger partial charge in [0.2, 0.25) is 0 Å². The summed E-state index contributed by atoms with van der Waals surface area (Å²) in [6.45, 7) is 3.85. The maximum Gasteiger partial charge on any atom is 0.330 e. The van der Waals surface area contributed by atoms with Crippen LogP contribution >= 0.6 is 0 Å². The van der Waals surface area contributed by atoms with Gasteiger partial charge in [-0.3, -0.25) is 0 Å². The van der Waals surface area contributed by atoms with Gasteiger partial charge in [-0.15, -0.1) is 0 Å². The van der Waals surface area contributed by atoms with Crippen LogP contribution < -0.4 is 0 Å². The molecule has 0 aromatic heterocycles. The van der Waals surface area contributed by atoms with Gasteiger partial charge >= 0.3 is 5.97 Å². The Morgan fingerprint density at radius 1 is 0.957 bits per heavy atom. The Hall–Kier alpha value is -2.61. The summed E-state index contributed by atoms with van der Waals surface area (Å²) in [4.78, 5) is 11.1. The van der Waals surface area contributed by atoms with E-state index in [1.165, 1.54) is 33.2 Å². The van der Waals surface area contributed by atoms with Crippen molar-refractivity contribution in [3.8, 4) is 0 Å². The van der Waals surface area contributed by atoms with Gasteiger partial charge in [0.1, 0.15) is 0 Å². The lowest BCUT2D eigenvalue weighted by Crippen LogP contribution is -2.02. The number of ether oxygens (including phenoxy) is 1. The van der Waals surface area contributed by atoms with Crippen LogP contribution in [0.2, 0.25) is 0 Å². The van der Waals surface area contributed by atoms with Crippen molar-refractivity contribution >= 4 is 27.5 Å². The van der Waals surface area contributed by atoms with Crippen LogP contribution in [0.3, 0.4) is 0 Å². The lowest BCUT2D eigenvalue weighted by Gasteiger charge is -2.11. The van der Waals surface area contributed by atoms with Crippen LogP contribution in [-0.4, -0.2) is 12.6 Å². The molecule has 0 saturated carbocycles. The third-order valence-electron chi connectivity index (χ3n) is 4.11. The third kappa shape index (κ3) is 3.42. The van der Waals surface area contributed by atoms with Crippen molar-refractivity contribution in [2.45, 2.75) is 19.3 Å². The molecule has 2 nitrogen and oxygen atoms in total. The molecular formula is C21H20O2. The van der Waals surface area contributed by atoms with E-state index in [4.69, 9.17) is 4.74 Å². The Kier molecular flexibility index (Phi) is 4.72. The SMILES string of the molecule is C=CC(=O)OCCCCc1c2ccccc2cc2ccccc12. The summed E-state index contributed by atoms with van der Waals surface area (Å²) in [6, 6.07) is 19.3. The molecule has 0 aliphatic heterocycles. The highest BCUT2D eigenvalue weighted by Crippen LogP contribution is 2.29. The molecule has 23 heavy (non-hydrogen) atoms. The minimum Gasteiger partial charge on any atom is -0.463 e. The van der Waals surface area contributed by atoms with Crippen LogP contribution in [0.25, 0.3) is 21.5 Å². The summed E-state index contributed by atoms with van der Waals surface area (Å²) in [5.41, 5.74) is 1.38. The molecule has 0 saturated heterocycles. The Labute approximate surface area is 136 Å². The molecule has 2 heteroatoms. The highest BCUT2D eigenvalue weighted by molar-refractivity contribution is 6.02. The van der Waals surface area contributed by atoms with E-state index >= 15 is 0 Å². The Balaban J connectivity index is 1.82. The molecule has 3 aromatic rings. The van der Waals surface area contributed by atoms with Crippen LogP contribution in [0.1, 0.15) is 18.4 Å². The van der Waals surface area contributed by atoms with Crippen LogP contribution in [0.4, 0.5) is 0 Å². The van der Waals surface area contributed by atoms with E-state index in [1.807, 2.05) is 0 Å². The van der Waals surface area contributed by atoms with Gasteiger partial charge in [-0.2, -0.15) is 0 Å². The van der Waals surface area contributed by atoms with Crippen LogP contribution in [0, 0.1) is 0 Å². The molecule has 116 valence electrons. The fourth-order valence-corrected chi connectivity index (χ4v) is 3.01. The van der Waals surface area contributed by atoms with Crippen molar-refractivity contribution in [2.75, 3.05) is 6.61 Å². The molecule has 0 heterocycles. The summed E-state index contributed by atoms with van der Waals surface area (Å²) < 4.78 is 5.05. The van der Waals surface area contributed by atoms with Crippen LogP contribution in [0.15, 0.2) is 67.3 Å². The number of benzene rings is 3. The van der Waals surface area contributed by atoms with Gasteiger partial charge in [0.15, 0.2) is 0 Å². The molecule has 0 amide bonds. The zero-order valence-electron chi connectivity index (χ0n) is 13.1. The van der Waals surface area contributed by atoms with E-state index in [9.17, 15) is 4.79 Å². The zero-order valence-corrected chi connectivity index (χ0v) is 13.1. The van der Waals surface area contributed by atoms with Gasteiger partial charge < -0.3 is 4.74 Å². The highest BCUT2D eigenvalue weighted by Gasteiger charge is 2.07. The fourth-order valence-electron chi connectivity index (χ4n) is 3.01. The first-order valence-electron chi connectivity index (χ1n) is 7.98. The highest BCUT2D eigenvalue weighted by atomic mass is 16.5. The monoisotopic (exact) mass is 304 g/mol. The van der Waals surface area contributed by atoms with Crippen molar-refractivity contribution < 1.29 is 9.53 Å². The number of fused-ring (bicyclic) bond motifs is 2. The summed E-state index contributed by atoms with van der Waals surface area (Å²) >= 11 is 0. The van der Waals surface area contributed by atoms with Gasteiger partial charge in [0.25, 0.3) is 0 Å². The zero-order chi connectivity index (χ0) is 16.1. The number of esters is 1. The summed E-state index contributed by atoms with van der Waals surface area (Å²) in [5, 5.41) is 5.18. The second-order valence-electron chi connectivity index (χ2n) is 5.63. The summed E-state index contributed by atoms with van der Waals surface area (Å²) in [5.74, 6) is -0.347. The first kappa shape index (κ1) is 15.3. The van der Waals surface area contributed by atoms with Crippen molar-refractivity contribution in [3.63, 3.8) is 0 Å². The fraction of sp³-hybridized carbons (Fsp3) is 0.190. The second kappa shape index (κ2) is 7.10. The molecule has 0 spiro atoms. The standard InChI is InChI=1S/C21H20O2/c1-2-21(22)23-14-8-7-13-20-18-11-5-3-9-16(18)15-17-10-4-6-12-19(17)20/h2-6,9-12,15H,1,7-8,13-14H2. The van der Waals surface area contributed by atoms with E-state index in [0.29, 0.717) is 6.61 Å². The van der Waals surface area contributed by atoms with E-state index in [1.54, 1.807) is 0 Å². The number of unbranched alkanes of at least 4 members (excludes halogenated alkanes) is 1. The number of hydrogen-bond acceptors (Lipinski definition) is 2. The van der Waals surface area contributed by atoms with Crippen molar-refractivity contribution in [2.24, 2.45) is 0 Å². The van der Waals surface area contributed by atoms with Crippen LogP contribution in [-0.2, 0) is 16.0 Å². The molecule has 0 aliphatic carbocycles. The predicted octanol–water partition coefficient (Wildman–Crippen LogP) is 5.04. The van der Waals surface area contributed by atoms with E-state index in [0.717, 1.165) is 19.3 Å². The van der Waals surface area contributed by atoms with Crippen molar-refractivity contribution in [3.05, 3.63) is 72.8 Å². The average Bonchev–Trinajstić information content (AvgIpc) is 2.60. The number of carbonyl (C=O) groups is 1. The second-order valence-corrected chi connectivity index (χ2v) is 5.63. The van der Waals surface area contributed by atoms with Crippen LogP contribution in [0.5, 0.6) is 0 Å². The minimum atomic E-state index is -0.347. The molecule has 3 aromatic carbocycles. The van der Waals surface area contributed by atoms with E-state index in [2.05, 4.69) is 61.2 Å². The van der Waals surface area contributed by atoms with Gasteiger partial charge in [-0.05, 0) is 52.4 Å². The van der Waals surface area contributed by atoms with Gasteiger partial charge in [-0.1, -0.05) is 55.1 Å². The molecule has 0 bridgehead atoms. The lowest BCUT2D eigenvalue weighted by molar-refractivity contribution is -0.137. The molecule has 0 atom stereocenters. The summed E-state index contributed by atoms with van der Waals surface area (Å²) in [7, 11) is 0. The Morgan fingerprint density at radius 2 is 1.57 bits per heavy atom. The third-order valence-corrected chi connectivity index (χ3v) is 4.11. The molecule has 3 rings (SSSR count). The van der Waals surface area contributed by atoms with Gasteiger partial charge in [0, 0.05) is 6.08 Å². The first-order valence-corrected chi connectivity index (χ1v) is 7.98. The number of rotatable bonds is 6. The number of hydrogen-bond donors (Lipinski definition) is 0. The Bertz CT molecular complexity index is 795. The normalized spacial score (nSPS) is 10.8. The molecule has 0 unspecified atom stereocenters. The summed E-state index contributed by atoms with van der Waals surface area (Å²) in [6.07, 6.45) is 4.03. The number of aryl methyl sites for hydroxylation is 1. The lowest BCUT2D eigenvalue weighted by atomic mass is 9.93. The average molecular weight is 304 g/mol. The predicted molar refractivity (Wildman–Crippen MR) is 95.5 cm³/mol. The molecule has 0 N–H and O–H groups in total. The first-order chi connectivity index (χ1) is 11.3. The maximum absolute atomic E-state index is 11.1. The molecule has 0 aliphatic rings. The number of carbonyl (C=O) groups excluding carboxylic acids is 1. The smallest absolute Gasteiger partial charge is 0.330 e. The van der Waals surface area contributed by atoms with Gasteiger partial charge in [-0.25, -0.2) is 4.79 Å². The molecule has 0 fully saturated rings. The van der Waals surface area contributed by atoms with E-state index in [-0.39, 0.29) is 5.97 Å². The minimum absolute atomic E-state index is 0.347.